The summed E-state index contributed by atoms with van der Waals surface area (Å²) in [6.07, 6.45) is 4.44. The summed E-state index contributed by atoms with van der Waals surface area (Å²) in [6.45, 7) is 3.45. The van der Waals surface area contributed by atoms with E-state index in [0.29, 0.717) is 17.0 Å². The molecule has 2 amide bonds. The van der Waals surface area contributed by atoms with Gasteiger partial charge in [0.1, 0.15) is 5.58 Å². The van der Waals surface area contributed by atoms with Crippen molar-refractivity contribution in [2.24, 2.45) is 0 Å². The lowest BCUT2D eigenvalue weighted by Gasteiger charge is -2.24. The molecule has 0 spiro atoms. The van der Waals surface area contributed by atoms with Gasteiger partial charge in [-0.05, 0) is 55.7 Å². The number of benzene rings is 1. The Labute approximate surface area is 162 Å². The van der Waals surface area contributed by atoms with Gasteiger partial charge in [-0.1, -0.05) is 6.92 Å². The Kier molecular flexibility index (Phi) is 4.99. The van der Waals surface area contributed by atoms with E-state index >= 15 is 0 Å². The Morgan fingerprint density at radius 1 is 1.26 bits per heavy atom. The van der Waals surface area contributed by atoms with Crippen LogP contribution in [0.3, 0.4) is 0 Å². The fourth-order valence-corrected chi connectivity index (χ4v) is 4.62. The summed E-state index contributed by atoms with van der Waals surface area (Å²) in [5.74, 6) is 0.000340. The number of carbonyl (C=O) groups is 2. The van der Waals surface area contributed by atoms with Crippen LogP contribution in [-0.2, 0) is 0 Å². The van der Waals surface area contributed by atoms with Crippen LogP contribution >= 0.6 is 11.3 Å². The zero-order valence-electron chi connectivity index (χ0n) is 15.2. The number of thiophene rings is 1. The van der Waals surface area contributed by atoms with Gasteiger partial charge in [0.2, 0.25) is 0 Å². The van der Waals surface area contributed by atoms with E-state index in [1.165, 1.54) is 11.3 Å². The molecule has 1 aliphatic rings. The predicted octanol–water partition coefficient (Wildman–Crippen LogP) is 4.61. The number of likely N-dealkylation sites (tertiary alicyclic amines) is 1. The van der Waals surface area contributed by atoms with Crippen LogP contribution in [0.1, 0.15) is 57.1 Å². The van der Waals surface area contributed by atoms with E-state index in [1.807, 2.05) is 48.2 Å². The summed E-state index contributed by atoms with van der Waals surface area (Å²) in [5.41, 5.74) is 1.46. The lowest BCUT2D eigenvalue weighted by Crippen LogP contribution is -2.30. The van der Waals surface area contributed by atoms with Crippen LogP contribution in [0.15, 0.2) is 47.1 Å². The summed E-state index contributed by atoms with van der Waals surface area (Å²) in [7, 11) is 0. The predicted molar refractivity (Wildman–Crippen MR) is 106 cm³/mol. The third-order valence-electron chi connectivity index (χ3n) is 4.93. The molecule has 1 saturated heterocycles. The second kappa shape index (κ2) is 7.56. The molecule has 3 heterocycles. The topological polar surface area (TPSA) is 62.6 Å². The number of amides is 2. The quantitative estimate of drug-likeness (QED) is 0.701. The molecule has 1 fully saturated rings. The molecule has 2 aromatic heterocycles. The highest BCUT2D eigenvalue weighted by atomic mass is 32.1. The Morgan fingerprint density at radius 2 is 2.15 bits per heavy atom. The van der Waals surface area contributed by atoms with Crippen molar-refractivity contribution in [1.82, 2.24) is 10.2 Å². The van der Waals surface area contributed by atoms with Crippen molar-refractivity contribution >= 4 is 34.1 Å². The van der Waals surface area contributed by atoms with Gasteiger partial charge in [-0.2, -0.15) is 0 Å². The van der Waals surface area contributed by atoms with Crippen LogP contribution < -0.4 is 5.32 Å². The number of carbonyl (C=O) groups excluding carboxylic acids is 2. The summed E-state index contributed by atoms with van der Waals surface area (Å²) < 4.78 is 5.36. The minimum atomic E-state index is -0.0330. The van der Waals surface area contributed by atoms with E-state index in [0.717, 1.165) is 41.7 Å². The van der Waals surface area contributed by atoms with E-state index in [2.05, 4.69) is 5.32 Å². The van der Waals surface area contributed by atoms with Gasteiger partial charge in [0.15, 0.2) is 0 Å². The molecular formula is C21H22N2O3S. The molecule has 5 nitrogen and oxygen atoms in total. The Balaban J connectivity index is 1.54. The molecular weight excluding hydrogens is 360 g/mol. The van der Waals surface area contributed by atoms with Crippen molar-refractivity contribution in [1.29, 1.82) is 0 Å². The number of rotatable bonds is 5. The van der Waals surface area contributed by atoms with Crippen molar-refractivity contribution in [2.45, 2.75) is 32.2 Å². The third-order valence-corrected chi connectivity index (χ3v) is 6.11. The first-order chi connectivity index (χ1) is 13.2. The fraction of sp³-hybridized carbons (Fsp3) is 0.333. The highest BCUT2D eigenvalue weighted by molar-refractivity contribution is 7.14. The summed E-state index contributed by atoms with van der Waals surface area (Å²) in [6, 6.07) is 11.3. The average molecular weight is 382 g/mol. The van der Waals surface area contributed by atoms with Gasteiger partial charge in [0.05, 0.1) is 17.2 Å². The van der Waals surface area contributed by atoms with E-state index in [-0.39, 0.29) is 17.9 Å². The molecule has 0 radical (unpaired) electrons. The number of hydrogen-bond donors (Lipinski definition) is 1. The fourth-order valence-electron chi connectivity index (χ4n) is 3.55. The maximum absolute atomic E-state index is 13.1. The third kappa shape index (κ3) is 3.49. The van der Waals surface area contributed by atoms with E-state index < -0.39 is 0 Å². The van der Waals surface area contributed by atoms with Gasteiger partial charge in [0.25, 0.3) is 11.8 Å². The number of furan rings is 1. The zero-order chi connectivity index (χ0) is 18.8. The molecule has 0 bridgehead atoms. The van der Waals surface area contributed by atoms with Crippen LogP contribution in [0.4, 0.5) is 0 Å². The molecule has 1 atom stereocenters. The first kappa shape index (κ1) is 17.8. The summed E-state index contributed by atoms with van der Waals surface area (Å²) >= 11 is 1.49. The number of nitrogens with zero attached hydrogens (tertiary/aromatic N) is 1. The van der Waals surface area contributed by atoms with Crippen LogP contribution in [0.25, 0.3) is 11.0 Å². The number of fused-ring (bicyclic) bond motifs is 1. The monoisotopic (exact) mass is 382 g/mol. The number of hydrogen-bond acceptors (Lipinski definition) is 4. The van der Waals surface area contributed by atoms with Gasteiger partial charge >= 0.3 is 0 Å². The molecule has 4 rings (SSSR count). The van der Waals surface area contributed by atoms with Crippen molar-refractivity contribution < 1.29 is 14.0 Å². The molecule has 3 aromatic rings. The van der Waals surface area contributed by atoms with Crippen molar-refractivity contribution in [3.8, 4) is 0 Å². The maximum atomic E-state index is 13.1. The van der Waals surface area contributed by atoms with Crippen molar-refractivity contribution in [3.05, 3.63) is 58.0 Å². The van der Waals surface area contributed by atoms with Gasteiger partial charge in [0, 0.05) is 28.9 Å². The molecule has 1 N–H and O–H groups in total. The molecule has 1 aliphatic heterocycles. The lowest BCUT2D eigenvalue weighted by molar-refractivity contribution is 0.0738. The minimum absolute atomic E-state index is 0.0330. The first-order valence-corrected chi connectivity index (χ1v) is 10.1. The smallest absolute Gasteiger partial charge is 0.261 e. The standard InChI is InChI=1S/C21H22N2O3S/c1-2-10-22-20(24)19-8-7-18(27-19)16-4-3-11-23(16)21(25)15-5-6-17-14(13-15)9-12-26-17/h5-9,12-13,16H,2-4,10-11H2,1H3,(H,22,24). The van der Waals surface area contributed by atoms with E-state index in [4.69, 9.17) is 4.42 Å². The van der Waals surface area contributed by atoms with Gasteiger partial charge in [-0.3, -0.25) is 9.59 Å². The van der Waals surface area contributed by atoms with Crippen molar-refractivity contribution in [3.63, 3.8) is 0 Å². The minimum Gasteiger partial charge on any atom is -0.464 e. The molecule has 140 valence electrons. The van der Waals surface area contributed by atoms with E-state index in [9.17, 15) is 9.59 Å². The Morgan fingerprint density at radius 3 is 3.00 bits per heavy atom. The SMILES string of the molecule is CCCNC(=O)c1ccc(C2CCCN2C(=O)c2ccc3occc3c2)s1. The Hall–Kier alpha value is -2.60. The Bertz CT molecular complexity index is 975. The van der Waals surface area contributed by atoms with Gasteiger partial charge in [-0.15, -0.1) is 11.3 Å². The largest absolute Gasteiger partial charge is 0.464 e. The summed E-state index contributed by atoms with van der Waals surface area (Å²) in [4.78, 5) is 29.0. The first-order valence-electron chi connectivity index (χ1n) is 9.33. The van der Waals surface area contributed by atoms with Gasteiger partial charge in [-0.25, -0.2) is 0 Å². The van der Waals surface area contributed by atoms with Crippen molar-refractivity contribution in [2.75, 3.05) is 13.1 Å². The van der Waals surface area contributed by atoms with Gasteiger partial charge < -0.3 is 14.6 Å². The average Bonchev–Trinajstić information content (AvgIpc) is 3.44. The van der Waals surface area contributed by atoms with E-state index in [1.54, 1.807) is 6.26 Å². The highest BCUT2D eigenvalue weighted by Gasteiger charge is 2.32. The zero-order valence-corrected chi connectivity index (χ0v) is 16.1. The summed E-state index contributed by atoms with van der Waals surface area (Å²) in [5, 5.41) is 3.84. The molecule has 27 heavy (non-hydrogen) atoms. The molecule has 6 heteroatoms. The van der Waals surface area contributed by atoms with Crippen LogP contribution in [-0.4, -0.2) is 29.8 Å². The normalized spacial score (nSPS) is 16.8. The van der Waals surface area contributed by atoms with Crippen LogP contribution in [0, 0.1) is 0 Å². The molecule has 0 aliphatic carbocycles. The number of nitrogens with one attached hydrogen (secondary N) is 1. The second-order valence-electron chi connectivity index (χ2n) is 6.79. The molecule has 0 saturated carbocycles. The molecule has 1 aromatic carbocycles. The molecule has 1 unspecified atom stereocenters. The van der Waals surface area contributed by atoms with Crippen LogP contribution in [0.5, 0.6) is 0 Å². The second-order valence-corrected chi connectivity index (χ2v) is 7.90. The maximum Gasteiger partial charge on any atom is 0.261 e. The lowest BCUT2D eigenvalue weighted by atomic mass is 10.1. The van der Waals surface area contributed by atoms with Crippen LogP contribution in [0.2, 0.25) is 0 Å². The highest BCUT2D eigenvalue weighted by Crippen LogP contribution is 2.37.